The average Bonchev–Trinajstić information content (AvgIpc) is 2.47. The van der Waals surface area contributed by atoms with Gasteiger partial charge < -0.3 is 9.84 Å². The zero-order valence-electron chi connectivity index (χ0n) is 10.5. The van der Waals surface area contributed by atoms with Crippen LogP contribution in [0.25, 0.3) is 0 Å². The summed E-state index contributed by atoms with van der Waals surface area (Å²) >= 11 is 0. The maximum absolute atomic E-state index is 10.1. The summed E-state index contributed by atoms with van der Waals surface area (Å²) in [5.74, 6) is 0. The van der Waals surface area contributed by atoms with Crippen LogP contribution in [0.1, 0.15) is 17.2 Å². The molecule has 0 amide bonds. The van der Waals surface area contributed by atoms with Gasteiger partial charge in [0, 0.05) is 19.6 Å². The maximum Gasteiger partial charge on any atom is 0.156 e. The van der Waals surface area contributed by atoms with Gasteiger partial charge in [-0.05, 0) is 17.7 Å². The molecule has 1 aliphatic heterocycles. The summed E-state index contributed by atoms with van der Waals surface area (Å²) in [5, 5.41) is 27.7. The van der Waals surface area contributed by atoms with Crippen LogP contribution in [0.3, 0.4) is 0 Å². The lowest BCUT2D eigenvalue weighted by Crippen LogP contribution is -2.43. The van der Waals surface area contributed by atoms with E-state index in [0.29, 0.717) is 31.8 Å². The molecule has 0 radical (unpaired) electrons. The van der Waals surface area contributed by atoms with Crippen LogP contribution in [0.5, 0.6) is 0 Å². The van der Waals surface area contributed by atoms with Crippen LogP contribution in [0, 0.1) is 22.7 Å². The third-order valence-corrected chi connectivity index (χ3v) is 3.15. The maximum atomic E-state index is 10.1. The molecule has 1 aromatic carbocycles. The predicted molar refractivity (Wildman–Crippen MR) is 67.9 cm³/mol. The van der Waals surface area contributed by atoms with Gasteiger partial charge in [-0.1, -0.05) is 12.1 Å². The number of ether oxygens (including phenoxy) is 1. The first-order valence-corrected chi connectivity index (χ1v) is 6.14. The third-order valence-electron chi connectivity index (χ3n) is 3.15. The van der Waals surface area contributed by atoms with Crippen molar-refractivity contribution in [3.8, 4) is 12.1 Å². The quantitative estimate of drug-likeness (QED) is 0.867. The zero-order valence-corrected chi connectivity index (χ0v) is 10.5. The van der Waals surface area contributed by atoms with E-state index in [1.807, 2.05) is 11.0 Å². The van der Waals surface area contributed by atoms with Gasteiger partial charge in [0.1, 0.15) is 0 Å². The lowest BCUT2D eigenvalue weighted by atomic mass is 10.1. The van der Waals surface area contributed by atoms with Gasteiger partial charge in [0.2, 0.25) is 0 Å². The Morgan fingerprint density at radius 2 is 2.11 bits per heavy atom. The van der Waals surface area contributed by atoms with E-state index in [9.17, 15) is 5.11 Å². The van der Waals surface area contributed by atoms with Crippen molar-refractivity contribution in [2.24, 2.45) is 0 Å². The number of aliphatic hydroxyl groups excluding tert-OH is 1. The molecule has 1 N–H and O–H groups in total. The summed E-state index contributed by atoms with van der Waals surface area (Å²) in [7, 11) is 0. The Morgan fingerprint density at radius 1 is 1.37 bits per heavy atom. The molecule has 2 atom stereocenters. The number of hydrogen-bond acceptors (Lipinski definition) is 5. The second-order valence-corrected chi connectivity index (χ2v) is 4.50. The smallest absolute Gasteiger partial charge is 0.156 e. The molecular weight excluding hydrogens is 242 g/mol. The molecule has 1 fully saturated rings. The Morgan fingerprint density at radius 3 is 2.74 bits per heavy atom. The number of nitriles is 2. The molecule has 0 saturated carbocycles. The monoisotopic (exact) mass is 257 g/mol. The Balaban J connectivity index is 1.94. The number of hydrogen-bond donors (Lipinski definition) is 1. The van der Waals surface area contributed by atoms with Crippen molar-refractivity contribution < 1.29 is 9.84 Å². The second kappa shape index (κ2) is 6.31. The Hall–Kier alpha value is -1.92. The molecule has 0 aliphatic carbocycles. The van der Waals surface area contributed by atoms with Crippen LogP contribution < -0.4 is 0 Å². The standard InChI is InChI=1S/C14H15N3O2/c15-7-11-1-3-12(4-2-11)14(18)10-17-5-6-19-13(8-16)9-17/h1-4,13-14,18H,5-6,9-10H2. The van der Waals surface area contributed by atoms with Crippen LogP contribution in [0.15, 0.2) is 24.3 Å². The Kier molecular flexibility index (Phi) is 4.48. The molecule has 5 nitrogen and oxygen atoms in total. The lowest BCUT2D eigenvalue weighted by Gasteiger charge is -2.31. The number of rotatable bonds is 3. The van der Waals surface area contributed by atoms with Crippen molar-refractivity contribution in [1.82, 2.24) is 4.90 Å². The van der Waals surface area contributed by atoms with E-state index in [0.717, 1.165) is 5.56 Å². The first-order valence-electron chi connectivity index (χ1n) is 6.14. The molecule has 0 bridgehead atoms. The Labute approximate surface area is 112 Å². The fourth-order valence-electron chi connectivity index (χ4n) is 2.08. The minimum absolute atomic E-state index is 0.415. The van der Waals surface area contributed by atoms with Crippen LogP contribution in [-0.2, 0) is 4.74 Å². The van der Waals surface area contributed by atoms with Gasteiger partial charge in [-0.25, -0.2) is 0 Å². The first kappa shape index (κ1) is 13.5. The summed E-state index contributed by atoms with van der Waals surface area (Å²) in [5.41, 5.74) is 1.35. The summed E-state index contributed by atoms with van der Waals surface area (Å²) in [4.78, 5) is 2.01. The molecule has 0 spiro atoms. The molecule has 1 heterocycles. The number of morpholine rings is 1. The molecule has 2 rings (SSSR count). The predicted octanol–water partition coefficient (Wildman–Crippen LogP) is 0.816. The average molecular weight is 257 g/mol. The van der Waals surface area contributed by atoms with E-state index in [-0.39, 0.29) is 0 Å². The van der Waals surface area contributed by atoms with Crippen LogP contribution in [0.2, 0.25) is 0 Å². The highest BCUT2D eigenvalue weighted by molar-refractivity contribution is 5.32. The van der Waals surface area contributed by atoms with Gasteiger partial charge in [-0.3, -0.25) is 4.90 Å². The van der Waals surface area contributed by atoms with Crippen LogP contribution in [0.4, 0.5) is 0 Å². The van der Waals surface area contributed by atoms with Crippen LogP contribution >= 0.6 is 0 Å². The highest BCUT2D eigenvalue weighted by Crippen LogP contribution is 2.16. The molecule has 1 aromatic rings. The lowest BCUT2D eigenvalue weighted by molar-refractivity contribution is -0.0159. The van der Waals surface area contributed by atoms with E-state index in [4.69, 9.17) is 15.3 Å². The number of nitrogens with zero attached hydrogens (tertiary/aromatic N) is 3. The van der Waals surface area contributed by atoms with Gasteiger partial charge in [0.15, 0.2) is 6.10 Å². The number of β-amino-alcohol motifs (C(OH)–C–C–N with tert-alkyl or cyclic N) is 1. The molecule has 2 unspecified atom stereocenters. The number of aliphatic hydroxyl groups is 1. The van der Waals surface area contributed by atoms with Crippen molar-refractivity contribution in [3.05, 3.63) is 35.4 Å². The van der Waals surface area contributed by atoms with Crippen molar-refractivity contribution in [2.75, 3.05) is 26.2 Å². The highest BCUT2D eigenvalue weighted by Gasteiger charge is 2.22. The second-order valence-electron chi connectivity index (χ2n) is 4.50. The van der Waals surface area contributed by atoms with Crippen molar-refractivity contribution in [3.63, 3.8) is 0 Å². The summed E-state index contributed by atoms with van der Waals surface area (Å²) in [6.45, 7) is 2.21. The summed E-state index contributed by atoms with van der Waals surface area (Å²) in [6, 6.07) is 11.0. The minimum Gasteiger partial charge on any atom is -0.387 e. The highest BCUT2D eigenvalue weighted by atomic mass is 16.5. The zero-order chi connectivity index (χ0) is 13.7. The first-order chi connectivity index (χ1) is 9.22. The molecule has 0 aromatic heterocycles. The van der Waals surface area contributed by atoms with Gasteiger partial charge in [0.25, 0.3) is 0 Å². The fourth-order valence-corrected chi connectivity index (χ4v) is 2.08. The van der Waals surface area contributed by atoms with Crippen molar-refractivity contribution in [1.29, 1.82) is 10.5 Å². The van der Waals surface area contributed by atoms with Gasteiger partial charge in [0.05, 0.1) is 30.4 Å². The third kappa shape index (κ3) is 3.52. The molecule has 5 heteroatoms. The van der Waals surface area contributed by atoms with E-state index < -0.39 is 12.2 Å². The molecule has 19 heavy (non-hydrogen) atoms. The molecule has 98 valence electrons. The molecule has 1 aliphatic rings. The minimum atomic E-state index is -0.620. The largest absolute Gasteiger partial charge is 0.387 e. The topological polar surface area (TPSA) is 80.3 Å². The van der Waals surface area contributed by atoms with E-state index in [1.165, 1.54) is 0 Å². The van der Waals surface area contributed by atoms with Gasteiger partial charge in [-0.15, -0.1) is 0 Å². The molecule has 1 saturated heterocycles. The van der Waals surface area contributed by atoms with E-state index in [1.54, 1.807) is 24.3 Å². The SMILES string of the molecule is N#Cc1ccc(C(O)CN2CCOC(C#N)C2)cc1. The van der Waals surface area contributed by atoms with E-state index >= 15 is 0 Å². The number of benzene rings is 1. The van der Waals surface area contributed by atoms with Crippen molar-refractivity contribution >= 4 is 0 Å². The van der Waals surface area contributed by atoms with Gasteiger partial charge in [-0.2, -0.15) is 10.5 Å². The molecular formula is C14H15N3O2. The summed E-state index contributed by atoms with van der Waals surface area (Å²) < 4.78 is 5.25. The van der Waals surface area contributed by atoms with Crippen LogP contribution in [-0.4, -0.2) is 42.4 Å². The summed E-state index contributed by atoms with van der Waals surface area (Å²) in [6.07, 6.45) is -1.04. The van der Waals surface area contributed by atoms with Gasteiger partial charge >= 0.3 is 0 Å². The normalized spacial score (nSPS) is 21.3. The van der Waals surface area contributed by atoms with E-state index in [2.05, 4.69) is 6.07 Å². The Bertz CT molecular complexity index is 501. The fraction of sp³-hybridized carbons (Fsp3) is 0.429. The van der Waals surface area contributed by atoms with Crippen molar-refractivity contribution in [2.45, 2.75) is 12.2 Å².